The van der Waals surface area contributed by atoms with Crippen LogP contribution in [0.3, 0.4) is 0 Å². The van der Waals surface area contributed by atoms with Gasteiger partial charge in [-0.15, -0.1) is 0 Å². The smallest absolute Gasteiger partial charge is 0.254 e. The molecule has 0 aromatic heterocycles. The van der Waals surface area contributed by atoms with E-state index < -0.39 is 5.54 Å². The summed E-state index contributed by atoms with van der Waals surface area (Å²) in [5.74, 6) is 1.23. The number of amides is 2. The Hall–Kier alpha value is -2.28. The Morgan fingerprint density at radius 3 is 2.35 bits per heavy atom. The molecule has 3 aliphatic rings. The SMILES string of the molecule is NC1(C(=O)N2CCN(C(=O)c3ccc4c(c3)OCO4)CC2)CC1. The number of nitrogens with zero attached hydrogens (tertiary/aromatic N) is 2. The van der Waals surface area contributed by atoms with Crippen LogP contribution in [0.25, 0.3) is 0 Å². The van der Waals surface area contributed by atoms with Crippen LogP contribution in [0.5, 0.6) is 11.5 Å². The van der Waals surface area contributed by atoms with Crippen molar-refractivity contribution >= 4 is 11.8 Å². The van der Waals surface area contributed by atoms with Crippen LogP contribution in [-0.4, -0.2) is 60.1 Å². The number of benzene rings is 1. The summed E-state index contributed by atoms with van der Waals surface area (Å²) in [6, 6.07) is 5.20. The molecule has 1 aromatic rings. The van der Waals surface area contributed by atoms with Crippen LogP contribution in [0.15, 0.2) is 18.2 Å². The Morgan fingerprint density at radius 1 is 1.00 bits per heavy atom. The van der Waals surface area contributed by atoms with E-state index in [0.29, 0.717) is 43.2 Å². The number of carbonyl (C=O) groups excluding carboxylic acids is 2. The van der Waals surface area contributed by atoms with Crippen LogP contribution < -0.4 is 15.2 Å². The monoisotopic (exact) mass is 317 g/mol. The summed E-state index contributed by atoms with van der Waals surface area (Å²) >= 11 is 0. The fourth-order valence-electron chi connectivity index (χ4n) is 2.99. The van der Waals surface area contributed by atoms with Gasteiger partial charge in [-0.3, -0.25) is 9.59 Å². The molecular formula is C16H19N3O4. The zero-order valence-corrected chi connectivity index (χ0v) is 12.8. The quantitative estimate of drug-likeness (QED) is 0.842. The van der Waals surface area contributed by atoms with E-state index in [1.54, 1.807) is 28.0 Å². The lowest BCUT2D eigenvalue weighted by Gasteiger charge is -2.36. The van der Waals surface area contributed by atoms with E-state index in [-0.39, 0.29) is 18.6 Å². The third-order valence-electron chi connectivity index (χ3n) is 4.69. The van der Waals surface area contributed by atoms with Crippen molar-refractivity contribution in [2.24, 2.45) is 5.73 Å². The summed E-state index contributed by atoms with van der Waals surface area (Å²) in [5, 5.41) is 0. The Morgan fingerprint density at radius 2 is 1.65 bits per heavy atom. The van der Waals surface area contributed by atoms with Crippen molar-refractivity contribution in [3.8, 4) is 11.5 Å². The molecule has 2 aliphatic heterocycles. The Kier molecular flexibility index (Phi) is 3.19. The molecule has 2 fully saturated rings. The summed E-state index contributed by atoms with van der Waals surface area (Å²) < 4.78 is 10.6. The van der Waals surface area contributed by atoms with E-state index >= 15 is 0 Å². The molecular weight excluding hydrogens is 298 g/mol. The zero-order chi connectivity index (χ0) is 16.0. The second-order valence-corrected chi connectivity index (χ2v) is 6.31. The first-order valence-electron chi connectivity index (χ1n) is 7.84. The van der Waals surface area contributed by atoms with Gasteiger partial charge in [0, 0.05) is 31.7 Å². The molecule has 7 nitrogen and oxygen atoms in total. The maximum atomic E-state index is 12.6. The second kappa shape index (κ2) is 5.13. The number of rotatable bonds is 2. The van der Waals surface area contributed by atoms with E-state index in [1.165, 1.54) is 0 Å². The zero-order valence-electron chi connectivity index (χ0n) is 12.8. The van der Waals surface area contributed by atoms with E-state index in [4.69, 9.17) is 15.2 Å². The molecule has 1 saturated heterocycles. The molecule has 0 unspecified atom stereocenters. The summed E-state index contributed by atoms with van der Waals surface area (Å²) in [5.41, 5.74) is 5.90. The molecule has 0 radical (unpaired) electrons. The topological polar surface area (TPSA) is 85.1 Å². The van der Waals surface area contributed by atoms with Gasteiger partial charge >= 0.3 is 0 Å². The van der Waals surface area contributed by atoms with Gasteiger partial charge in [0.05, 0.1) is 5.54 Å². The molecule has 122 valence electrons. The predicted molar refractivity (Wildman–Crippen MR) is 81.2 cm³/mol. The van der Waals surface area contributed by atoms with Crippen molar-refractivity contribution in [3.63, 3.8) is 0 Å². The van der Waals surface area contributed by atoms with E-state index in [2.05, 4.69) is 0 Å². The van der Waals surface area contributed by atoms with Crippen molar-refractivity contribution in [2.45, 2.75) is 18.4 Å². The Bertz CT molecular complexity index is 663. The molecule has 4 rings (SSSR count). The molecule has 2 amide bonds. The van der Waals surface area contributed by atoms with Gasteiger partial charge in [-0.25, -0.2) is 0 Å². The van der Waals surface area contributed by atoms with Gasteiger partial charge in [0.2, 0.25) is 12.7 Å². The van der Waals surface area contributed by atoms with Gasteiger partial charge in [-0.05, 0) is 31.0 Å². The molecule has 1 aliphatic carbocycles. The summed E-state index contributed by atoms with van der Waals surface area (Å²) in [6.45, 7) is 2.31. The number of fused-ring (bicyclic) bond motifs is 1. The molecule has 0 bridgehead atoms. The number of piperazine rings is 1. The van der Waals surface area contributed by atoms with Gasteiger partial charge in [-0.1, -0.05) is 0 Å². The first-order chi connectivity index (χ1) is 11.1. The minimum Gasteiger partial charge on any atom is -0.454 e. The Balaban J connectivity index is 1.40. The average Bonchev–Trinajstić information content (AvgIpc) is 3.16. The van der Waals surface area contributed by atoms with Gasteiger partial charge in [-0.2, -0.15) is 0 Å². The van der Waals surface area contributed by atoms with Gasteiger partial charge in [0.25, 0.3) is 5.91 Å². The number of carbonyl (C=O) groups is 2. The average molecular weight is 317 g/mol. The largest absolute Gasteiger partial charge is 0.454 e. The fraction of sp³-hybridized carbons (Fsp3) is 0.500. The van der Waals surface area contributed by atoms with Crippen LogP contribution in [0.1, 0.15) is 23.2 Å². The van der Waals surface area contributed by atoms with Crippen molar-refractivity contribution in [2.75, 3.05) is 33.0 Å². The maximum absolute atomic E-state index is 12.6. The first-order valence-corrected chi connectivity index (χ1v) is 7.84. The van der Waals surface area contributed by atoms with Gasteiger partial charge in [0.15, 0.2) is 11.5 Å². The van der Waals surface area contributed by atoms with Crippen LogP contribution in [-0.2, 0) is 4.79 Å². The van der Waals surface area contributed by atoms with Crippen molar-refractivity contribution in [1.29, 1.82) is 0 Å². The van der Waals surface area contributed by atoms with Gasteiger partial charge < -0.3 is 25.0 Å². The Labute approximate surface area is 133 Å². The lowest BCUT2D eigenvalue weighted by Crippen LogP contribution is -2.55. The highest BCUT2D eigenvalue weighted by molar-refractivity contribution is 5.95. The summed E-state index contributed by atoms with van der Waals surface area (Å²) in [4.78, 5) is 28.3. The standard InChI is InChI=1S/C16H19N3O4/c17-16(3-4-16)15(21)19-7-5-18(6-8-19)14(20)11-1-2-12-13(9-11)23-10-22-12/h1-2,9H,3-8,10,17H2. The fourth-order valence-corrected chi connectivity index (χ4v) is 2.99. The van der Waals surface area contributed by atoms with Crippen molar-refractivity contribution in [1.82, 2.24) is 9.80 Å². The number of nitrogens with two attached hydrogens (primary N) is 1. The second-order valence-electron chi connectivity index (χ2n) is 6.31. The minimum absolute atomic E-state index is 0.0210. The number of ether oxygens (including phenoxy) is 2. The lowest BCUT2D eigenvalue weighted by molar-refractivity contribution is -0.135. The third kappa shape index (κ3) is 2.50. The first kappa shape index (κ1) is 14.3. The minimum atomic E-state index is -0.635. The molecule has 23 heavy (non-hydrogen) atoms. The third-order valence-corrected chi connectivity index (χ3v) is 4.69. The molecule has 1 saturated carbocycles. The number of hydrogen-bond donors (Lipinski definition) is 1. The molecule has 1 aromatic carbocycles. The highest BCUT2D eigenvalue weighted by atomic mass is 16.7. The highest BCUT2D eigenvalue weighted by Gasteiger charge is 2.48. The van der Waals surface area contributed by atoms with E-state index in [1.807, 2.05) is 0 Å². The highest BCUT2D eigenvalue weighted by Crippen LogP contribution is 2.35. The van der Waals surface area contributed by atoms with Crippen LogP contribution in [0, 0.1) is 0 Å². The van der Waals surface area contributed by atoms with Crippen LogP contribution in [0.4, 0.5) is 0 Å². The molecule has 7 heteroatoms. The van der Waals surface area contributed by atoms with Crippen molar-refractivity contribution in [3.05, 3.63) is 23.8 Å². The molecule has 0 atom stereocenters. The normalized spacial score (nSPS) is 21.3. The maximum Gasteiger partial charge on any atom is 0.254 e. The van der Waals surface area contributed by atoms with Crippen molar-refractivity contribution < 1.29 is 19.1 Å². The summed E-state index contributed by atoms with van der Waals surface area (Å²) in [7, 11) is 0. The van der Waals surface area contributed by atoms with Crippen LogP contribution >= 0.6 is 0 Å². The van der Waals surface area contributed by atoms with Crippen LogP contribution in [0.2, 0.25) is 0 Å². The number of hydrogen-bond acceptors (Lipinski definition) is 5. The van der Waals surface area contributed by atoms with E-state index in [0.717, 1.165) is 12.8 Å². The predicted octanol–water partition coefficient (Wildman–Crippen LogP) is 0.191. The van der Waals surface area contributed by atoms with E-state index in [9.17, 15) is 9.59 Å². The molecule has 0 spiro atoms. The molecule has 2 N–H and O–H groups in total. The molecule has 2 heterocycles. The lowest BCUT2D eigenvalue weighted by atomic mass is 10.1. The van der Waals surface area contributed by atoms with Gasteiger partial charge in [0.1, 0.15) is 0 Å². The summed E-state index contributed by atoms with van der Waals surface area (Å²) in [6.07, 6.45) is 1.53.